The fraction of sp³-hybridized carbons (Fsp3) is 0.263. The normalized spacial score (nSPS) is 19.5. The third kappa shape index (κ3) is 3.24. The number of anilines is 1. The number of likely N-dealkylation sites (N-methyl/N-ethyl adjacent to an activating group) is 1. The lowest BCUT2D eigenvalue weighted by Gasteiger charge is -2.17. The van der Waals surface area contributed by atoms with Gasteiger partial charge in [-0.15, -0.1) is 0 Å². The average Bonchev–Trinajstić information content (AvgIpc) is 2.92. The summed E-state index contributed by atoms with van der Waals surface area (Å²) in [6.45, 7) is 0.264. The second-order valence-corrected chi connectivity index (χ2v) is 6.17. The number of rotatable bonds is 4. The SMILES string of the molecule is COc1ccc([C@H]2CN(C)C(=O)[C@@H]2C(=O)Nc2ccccc2F)cc1F. The van der Waals surface area contributed by atoms with Crippen LogP contribution in [-0.4, -0.2) is 37.4 Å². The molecule has 5 nitrogen and oxygen atoms in total. The Balaban J connectivity index is 1.90. The highest BCUT2D eigenvalue weighted by Crippen LogP contribution is 2.35. The van der Waals surface area contributed by atoms with Crippen molar-refractivity contribution in [3.8, 4) is 5.75 Å². The van der Waals surface area contributed by atoms with Gasteiger partial charge in [0.15, 0.2) is 11.6 Å². The Hall–Kier alpha value is -2.96. The summed E-state index contributed by atoms with van der Waals surface area (Å²) >= 11 is 0. The van der Waals surface area contributed by atoms with Crippen molar-refractivity contribution < 1.29 is 23.1 Å². The first-order chi connectivity index (χ1) is 12.4. The highest BCUT2D eigenvalue weighted by Gasteiger charge is 2.44. The van der Waals surface area contributed by atoms with Gasteiger partial charge in [-0.2, -0.15) is 0 Å². The van der Waals surface area contributed by atoms with E-state index in [1.165, 1.54) is 42.3 Å². The van der Waals surface area contributed by atoms with E-state index in [2.05, 4.69) is 5.32 Å². The highest BCUT2D eigenvalue weighted by molar-refractivity contribution is 6.08. The molecule has 0 aliphatic carbocycles. The molecule has 2 amide bonds. The number of benzene rings is 2. The van der Waals surface area contributed by atoms with E-state index in [-0.39, 0.29) is 23.9 Å². The van der Waals surface area contributed by atoms with Gasteiger partial charge < -0.3 is 15.0 Å². The van der Waals surface area contributed by atoms with E-state index in [0.717, 1.165) is 0 Å². The summed E-state index contributed by atoms with van der Waals surface area (Å²) in [5.41, 5.74) is 0.509. The number of nitrogens with zero attached hydrogens (tertiary/aromatic N) is 1. The van der Waals surface area contributed by atoms with Crippen molar-refractivity contribution in [2.75, 3.05) is 26.0 Å². The van der Waals surface area contributed by atoms with Gasteiger partial charge in [0.2, 0.25) is 11.8 Å². The maximum absolute atomic E-state index is 14.1. The van der Waals surface area contributed by atoms with Gasteiger partial charge in [0.1, 0.15) is 11.7 Å². The third-order valence-electron chi connectivity index (χ3n) is 4.53. The molecule has 2 atom stereocenters. The molecular weight excluding hydrogens is 342 g/mol. The molecule has 0 radical (unpaired) electrons. The smallest absolute Gasteiger partial charge is 0.237 e. The van der Waals surface area contributed by atoms with Crippen LogP contribution in [0.5, 0.6) is 5.75 Å². The van der Waals surface area contributed by atoms with Crippen LogP contribution < -0.4 is 10.1 Å². The number of nitrogens with one attached hydrogen (secondary N) is 1. The Morgan fingerprint density at radius 1 is 1.19 bits per heavy atom. The largest absolute Gasteiger partial charge is 0.494 e. The Morgan fingerprint density at radius 2 is 1.92 bits per heavy atom. The first kappa shape index (κ1) is 17.8. The van der Waals surface area contributed by atoms with Crippen LogP contribution in [0.1, 0.15) is 11.5 Å². The molecule has 1 N–H and O–H groups in total. The van der Waals surface area contributed by atoms with E-state index in [1.807, 2.05) is 0 Å². The van der Waals surface area contributed by atoms with E-state index < -0.39 is 29.4 Å². The minimum Gasteiger partial charge on any atom is -0.494 e. The first-order valence-electron chi connectivity index (χ1n) is 8.06. The Kier molecular flexibility index (Phi) is 4.88. The highest BCUT2D eigenvalue weighted by atomic mass is 19.1. The predicted octanol–water partition coefficient (Wildman–Crippen LogP) is 2.78. The predicted molar refractivity (Wildman–Crippen MR) is 91.8 cm³/mol. The van der Waals surface area contributed by atoms with E-state index >= 15 is 0 Å². The minimum absolute atomic E-state index is 0.000450. The van der Waals surface area contributed by atoms with Gasteiger partial charge >= 0.3 is 0 Å². The average molecular weight is 360 g/mol. The van der Waals surface area contributed by atoms with Crippen LogP contribution in [-0.2, 0) is 9.59 Å². The summed E-state index contributed by atoms with van der Waals surface area (Å²) in [6, 6.07) is 10.1. The molecule has 1 heterocycles. The molecule has 7 heteroatoms. The van der Waals surface area contributed by atoms with Crippen molar-refractivity contribution in [2.45, 2.75) is 5.92 Å². The molecule has 1 aliphatic rings. The second kappa shape index (κ2) is 7.11. The summed E-state index contributed by atoms with van der Waals surface area (Å²) < 4.78 is 32.7. The zero-order chi connectivity index (χ0) is 18.8. The Bertz CT molecular complexity index is 856. The summed E-state index contributed by atoms with van der Waals surface area (Å²) in [5, 5.41) is 2.46. The molecule has 0 aromatic heterocycles. The number of carbonyl (C=O) groups is 2. The van der Waals surface area contributed by atoms with Crippen molar-refractivity contribution in [1.29, 1.82) is 0 Å². The number of hydrogen-bond donors (Lipinski definition) is 1. The lowest BCUT2D eigenvalue weighted by Crippen LogP contribution is -2.33. The van der Waals surface area contributed by atoms with Gasteiger partial charge in [-0.1, -0.05) is 18.2 Å². The van der Waals surface area contributed by atoms with Crippen molar-refractivity contribution in [3.63, 3.8) is 0 Å². The van der Waals surface area contributed by atoms with Crippen LogP contribution in [0.25, 0.3) is 0 Å². The maximum Gasteiger partial charge on any atom is 0.237 e. The fourth-order valence-corrected chi connectivity index (χ4v) is 3.18. The molecule has 0 bridgehead atoms. The first-order valence-corrected chi connectivity index (χ1v) is 8.06. The van der Waals surface area contributed by atoms with Gasteiger partial charge in [-0.3, -0.25) is 9.59 Å². The molecule has 2 aromatic rings. The number of likely N-dealkylation sites (tertiary alicyclic amines) is 1. The van der Waals surface area contributed by atoms with Crippen LogP contribution >= 0.6 is 0 Å². The van der Waals surface area contributed by atoms with E-state index in [4.69, 9.17) is 4.74 Å². The second-order valence-electron chi connectivity index (χ2n) is 6.17. The number of amides is 2. The number of carbonyl (C=O) groups excluding carboxylic acids is 2. The van der Waals surface area contributed by atoms with E-state index in [9.17, 15) is 18.4 Å². The van der Waals surface area contributed by atoms with Gasteiger partial charge in [-0.25, -0.2) is 8.78 Å². The molecule has 0 spiro atoms. The van der Waals surface area contributed by atoms with Gasteiger partial charge in [-0.05, 0) is 29.8 Å². The van der Waals surface area contributed by atoms with Gasteiger partial charge in [0.05, 0.1) is 12.8 Å². The van der Waals surface area contributed by atoms with Crippen molar-refractivity contribution in [1.82, 2.24) is 4.90 Å². The summed E-state index contributed by atoms with van der Waals surface area (Å²) in [4.78, 5) is 26.6. The monoisotopic (exact) mass is 360 g/mol. The molecule has 0 unspecified atom stereocenters. The molecule has 1 saturated heterocycles. The summed E-state index contributed by atoms with van der Waals surface area (Å²) in [7, 11) is 2.93. The molecule has 1 fully saturated rings. The van der Waals surface area contributed by atoms with Crippen molar-refractivity contribution >= 4 is 17.5 Å². The van der Waals surface area contributed by atoms with Crippen LogP contribution in [0, 0.1) is 17.6 Å². The number of hydrogen-bond acceptors (Lipinski definition) is 3. The zero-order valence-electron chi connectivity index (χ0n) is 14.3. The number of methoxy groups -OCH3 is 1. The quantitative estimate of drug-likeness (QED) is 0.853. The molecule has 0 saturated carbocycles. The van der Waals surface area contributed by atoms with Crippen LogP contribution in [0.15, 0.2) is 42.5 Å². The van der Waals surface area contributed by atoms with E-state index in [0.29, 0.717) is 5.56 Å². The van der Waals surface area contributed by atoms with Crippen LogP contribution in [0.4, 0.5) is 14.5 Å². The number of ether oxygens (including phenoxy) is 1. The summed E-state index contributed by atoms with van der Waals surface area (Å²) in [5.74, 6) is -3.69. The zero-order valence-corrected chi connectivity index (χ0v) is 14.3. The Labute approximate surface area is 149 Å². The van der Waals surface area contributed by atoms with Crippen molar-refractivity contribution in [2.24, 2.45) is 5.92 Å². The number of halogens is 2. The molecule has 3 rings (SSSR count). The minimum atomic E-state index is -1.06. The molecule has 26 heavy (non-hydrogen) atoms. The number of para-hydroxylation sites is 1. The lowest BCUT2D eigenvalue weighted by molar-refractivity contribution is -0.135. The Morgan fingerprint density at radius 3 is 2.58 bits per heavy atom. The molecular formula is C19H18F2N2O3. The van der Waals surface area contributed by atoms with Gasteiger partial charge in [0.25, 0.3) is 0 Å². The topological polar surface area (TPSA) is 58.6 Å². The molecule has 136 valence electrons. The lowest BCUT2D eigenvalue weighted by atomic mass is 9.87. The molecule has 1 aliphatic heterocycles. The van der Waals surface area contributed by atoms with E-state index in [1.54, 1.807) is 19.2 Å². The molecule has 2 aromatic carbocycles. The van der Waals surface area contributed by atoms with Crippen molar-refractivity contribution in [3.05, 3.63) is 59.7 Å². The van der Waals surface area contributed by atoms with Crippen LogP contribution in [0.3, 0.4) is 0 Å². The maximum atomic E-state index is 14.1. The third-order valence-corrected chi connectivity index (χ3v) is 4.53. The standard InChI is InChI=1S/C19H18F2N2O3/c1-23-10-12(11-7-8-16(26-2)14(21)9-11)17(19(23)25)18(24)22-15-6-4-3-5-13(15)20/h3-9,12,17H,10H2,1-2H3,(H,22,24)/t12-,17+/m1/s1. The fourth-order valence-electron chi connectivity index (χ4n) is 3.18. The van der Waals surface area contributed by atoms with Gasteiger partial charge in [0, 0.05) is 19.5 Å². The summed E-state index contributed by atoms with van der Waals surface area (Å²) in [6.07, 6.45) is 0. The van der Waals surface area contributed by atoms with Crippen LogP contribution in [0.2, 0.25) is 0 Å².